The van der Waals surface area contributed by atoms with Gasteiger partial charge in [-0.3, -0.25) is 4.79 Å². The molecule has 2 rings (SSSR count). The minimum Gasteiger partial charge on any atom is -0.383 e. The maximum Gasteiger partial charge on any atom is 0.241 e. The molecule has 146 valence electrons. The summed E-state index contributed by atoms with van der Waals surface area (Å²) in [4.78, 5) is 18.0. The Kier molecular flexibility index (Phi) is 7.81. The zero-order valence-electron chi connectivity index (χ0n) is 16.4. The number of para-hydroxylation sites is 1. The number of guanidine groups is 1. The van der Waals surface area contributed by atoms with E-state index in [0.29, 0.717) is 25.7 Å². The van der Waals surface area contributed by atoms with Gasteiger partial charge >= 0.3 is 0 Å². The van der Waals surface area contributed by atoms with Gasteiger partial charge < -0.3 is 20.3 Å². The first-order valence-corrected chi connectivity index (χ1v) is 8.83. The van der Waals surface area contributed by atoms with Crippen molar-refractivity contribution in [2.24, 2.45) is 4.99 Å². The van der Waals surface area contributed by atoms with Crippen LogP contribution in [0.4, 0.5) is 0 Å². The maximum absolute atomic E-state index is 11.8. The van der Waals surface area contributed by atoms with Crippen molar-refractivity contribution < 1.29 is 9.53 Å². The molecular formula is C19H28N6O2. The molecule has 2 N–H and O–H groups in total. The van der Waals surface area contributed by atoms with Gasteiger partial charge in [0.15, 0.2) is 5.96 Å². The lowest BCUT2D eigenvalue weighted by atomic mass is 10.2. The summed E-state index contributed by atoms with van der Waals surface area (Å²) in [5.41, 5.74) is 2.97. The number of ether oxygens (including phenoxy) is 1. The summed E-state index contributed by atoms with van der Waals surface area (Å²) in [7, 11) is 5.09. The molecule has 0 atom stereocenters. The molecule has 0 aliphatic rings. The molecule has 0 saturated carbocycles. The van der Waals surface area contributed by atoms with Crippen LogP contribution in [0.25, 0.3) is 5.69 Å². The number of amides is 1. The Hall–Kier alpha value is -2.87. The first-order chi connectivity index (χ1) is 13.0. The number of benzene rings is 1. The molecule has 0 aliphatic heterocycles. The quantitative estimate of drug-likeness (QED) is 0.410. The van der Waals surface area contributed by atoms with Crippen molar-refractivity contribution in [2.75, 3.05) is 40.9 Å². The van der Waals surface area contributed by atoms with Crippen LogP contribution in [0.5, 0.6) is 0 Å². The summed E-state index contributed by atoms with van der Waals surface area (Å²) < 4.78 is 6.91. The molecule has 0 unspecified atom stereocenters. The van der Waals surface area contributed by atoms with Gasteiger partial charge in [0.25, 0.3) is 0 Å². The van der Waals surface area contributed by atoms with Crippen LogP contribution >= 0.6 is 0 Å². The van der Waals surface area contributed by atoms with Gasteiger partial charge in [-0.25, -0.2) is 9.67 Å². The number of hydrogen-bond acceptors (Lipinski definition) is 4. The van der Waals surface area contributed by atoms with Crippen LogP contribution in [-0.2, 0) is 16.1 Å². The Morgan fingerprint density at radius 2 is 2.04 bits per heavy atom. The number of carbonyl (C=O) groups excluding carboxylic acids is 1. The first kappa shape index (κ1) is 20.4. The van der Waals surface area contributed by atoms with Crippen LogP contribution in [0.3, 0.4) is 0 Å². The SMILES string of the molecule is COCCNC(=NCc1ccccc1-n1ccc(C)n1)NCC(=O)N(C)C. The van der Waals surface area contributed by atoms with Gasteiger partial charge in [-0.2, -0.15) is 5.10 Å². The second kappa shape index (κ2) is 10.3. The molecular weight excluding hydrogens is 344 g/mol. The average Bonchev–Trinajstić information content (AvgIpc) is 3.09. The van der Waals surface area contributed by atoms with Crippen molar-refractivity contribution in [1.82, 2.24) is 25.3 Å². The molecule has 2 aromatic rings. The molecule has 0 aliphatic carbocycles. The van der Waals surface area contributed by atoms with Crippen LogP contribution in [0.15, 0.2) is 41.5 Å². The standard InChI is InChI=1S/C19H28N6O2/c1-15-9-11-25(23-15)17-8-6-5-7-16(17)13-21-19(20-10-12-27-4)22-14-18(26)24(2)3/h5-9,11H,10,12-14H2,1-4H3,(H2,20,21,22). The zero-order valence-corrected chi connectivity index (χ0v) is 16.4. The fraction of sp³-hybridized carbons (Fsp3) is 0.421. The molecule has 8 heteroatoms. The van der Waals surface area contributed by atoms with Crippen molar-refractivity contribution in [3.63, 3.8) is 0 Å². The van der Waals surface area contributed by atoms with E-state index in [-0.39, 0.29) is 12.5 Å². The lowest BCUT2D eigenvalue weighted by Crippen LogP contribution is -2.43. The second-order valence-electron chi connectivity index (χ2n) is 6.26. The van der Waals surface area contributed by atoms with E-state index in [2.05, 4.69) is 20.7 Å². The van der Waals surface area contributed by atoms with Crippen LogP contribution in [0.1, 0.15) is 11.3 Å². The minimum absolute atomic E-state index is 0.0244. The number of aryl methyl sites for hydroxylation is 1. The van der Waals surface area contributed by atoms with E-state index >= 15 is 0 Å². The first-order valence-electron chi connectivity index (χ1n) is 8.83. The minimum atomic E-state index is -0.0244. The number of hydrogen-bond donors (Lipinski definition) is 2. The van der Waals surface area contributed by atoms with Gasteiger partial charge in [-0.15, -0.1) is 0 Å². The van der Waals surface area contributed by atoms with Crippen LogP contribution in [0, 0.1) is 6.92 Å². The normalized spacial score (nSPS) is 11.3. The highest BCUT2D eigenvalue weighted by Crippen LogP contribution is 2.15. The molecule has 0 spiro atoms. The fourth-order valence-electron chi connectivity index (χ4n) is 2.34. The highest BCUT2D eigenvalue weighted by Gasteiger charge is 2.08. The summed E-state index contributed by atoms with van der Waals surface area (Å²) in [5, 5.41) is 10.7. The number of methoxy groups -OCH3 is 1. The largest absolute Gasteiger partial charge is 0.383 e. The van der Waals surface area contributed by atoms with Gasteiger partial charge in [0.1, 0.15) is 0 Å². The lowest BCUT2D eigenvalue weighted by Gasteiger charge is -2.15. The van der Waals surface area contributed by atoms with Crippen molar-refractivity contribution in [3.8, 4) is 5.69 Å². The molecule has 0 saturated heterocycles. The third-order valence-corrected chi connectivity index (χ3v) is 3.87. The van der Waals surface area contributed by atoms with Crippen LogP contribution < -0.4 is 10.6 Å². The van der Waals surface area contributed by atoms with Crippen molar-refractivity contribution >= 4 is 11.9 Å². The molecule has 27 heavy (non-hydrogen) atoms. The number of aromatic nitrogens is 2. The lowest BCUT2D eigenvalue weighted by molar-refractivity contribution is -0.127. The number of nitrogens with one attached hydrogen (secondary N) is 2. The molecule has 1 aromatic heterocycles. The highest BCUT2D eigenvalue weighted by molar-refractivity contribution is 5.86. The van der Waals surface area contributed by atoms with Gasteiger partial charge in [0.05, 0.1) is 31.1 Å². The fourth-order valence-corrected chi connectivity index (χ4v) is 2.34. The van der Waals surface area contributed by atoms with E-state index in [1.165, 1.54) is 4.90 Å². The maximum atomic E-state index is 11.8. The van der Waals surface area contributed by atoms with Crippen molar-refractivity contribution in [1.29, 1.82) is 0 Å². The van der Waals surface area contributed by atoms with E-state index in [4.69, 9.17) is 4.74 Å². The number of likely N-dealkylation sites (N-methyl/N-ethyl adjacent to an activating group) is 1. The van der Waals surface area contributed by atoms with Gasteiger partial charge in [0.2, 0.25) is 5.91 Å². The van der Waals surface area contributed by atoms with Gasteiger partial charge in [-0.1, -0.05) is 18.2 Å². The monoisotopic (exact) mass is 372 g/mol. The summed E-state index contributed by atoms with van der Waals surface area (Å²) in [5.74, 6) is 0.539. The Balaban J connectivity index is 2.13. The van der Waals surface area contributed by atoms with E-state index in [9.17, 15) is 4.79 Å². The number of nitrogens with zero attached hydrogens (tertiary/aromatic N) is 4. The Labute approximate surface area is 160 Å². The summed E-state index contributed by atoms with van der Waals surface area (Å²) in [6, 6.07) is 9.95. The van der Waals surface area contributed by atoms with E-state index < -0.39 is 0 Å². The third kappa shape index (κ3) is 6.41. The van der Waals surface area contributed by atoms with Crippen LogP contribution in [0.2, 0.25) is 0 Å². The Morgan fingerprint density at radius 3 is 2.70 bits per heavy atom. The third-order valence-electron chi connectivity index (χ3n) is 3.87. The molecule has 0 fully saturated rings. The van der Waals surface area contributed by atoms with Crippen molar-refractivity contribution in [3.05, 3.63) is 47.8 Å². The smallest absolute Gasteiger partial charge is 0.241 e. The van der Waals surface area contributed by atoms with E-state index in [1.807, 2.05) is 48.1 Å². The molecule has 1 aromatic carbocycles. The second-order valence-corrected chi connectivity index (χ2v) is 6.26. The molecule has 1 amide bonds. The highest BCUT2D eigenvalue weighted by atomic mass is 16.5. The Morgan fingerprint density at radius 1 is 1.26 bits per heavy atom. The van der Waals surface area contributed by atoms with Crippen LogP contribution in [-0.4, -0.2) is 67.4 Å². The average molecular weight is 372 g/mol. The summed E-state index contributed by atoms with van der Waals surface area (Å²) in [6.45, 7) is 3.73. The van der Waals surface area contributed by atoms with E-state index in [0.717, 1.165) is 16.9 Å². The topological polar surface area (TPSA) is 83.8 Å². The number of carbonyl (C=O) groups is 1. The van der Waals surface area contributed by atoms with Crippen molar-refractivity contribution in [2.45, 2.75) is 13.5 Å². The van der Waals surface area contributed by atoms with E-state index in [1.54, 1.807) is 21.2 Å². The Bertz CT molecular complexity index is 769. The van der Waals surface area contributed by atoms with Gasteiger partial charge in [0, 0.05) is 33.9 Å². The predicted molar refractivity (Wildman–Crippen MR) is 106 cm³/mol. The molecule has 0 bridgehead atoms. The summed E-state index contributed by atoms with van der Waals surface area (Å²) >= 11 is 0. The molecule has 1 heterocycles. The molecule has 0 radical (unpaired) electrons. The number of rotatable bonds is 8. The van der Waals surface area contributed by atoms with Gasteiger partial charge in [-0.05, 0) is 24.6 Å². The summed E-state index contributed by atoms with van der Waals surface area (Å²) in [6.07, 6.45) is 1.93. The molecule has 8 nitrogen and oxygen atoms in total. The number of aliphatic imine (C=N–C) groups is 1. The zero-order chi connectivity index (χ0) is 19.6. The predicted octanol–water partition coefficient (Wildman–Crippen LogP) is 0.951.